The summed E-state index contributed by atoms with van der Waals surface area (Å²) in [4.78, 5) is 11.2. The summed E-state index contributed by atoms with van der Waals surface area (Å²) in [6, 6.07) is 8.02. The van der Waals surface area contributed by atoms with Crippen molar-refractivity contribution in [3.8, 4) is 5.75 Å². The maximum absolute atomic E-state index is 11.2. The molecule has 0 bridgehead atoms. The van der Waals surface area contributed by atoms with Crippen molar-refractivity contribution in [2.24, 2.45) is 0 Å². The lowest BCUT2D eigenvalue weighted by molar-refractivity contribution is -0.120. The number of para-hydroxylation sites is 1. The van der Waals surface area contributed by atoms with Gasteiger partial charge in [-0.05, 0) is 38.3 Å². The van der Waals surface area contributed by atoms with Crippen LogP contribution in [0, 0.1) is 0 Å². The lowest BCUT2D eigenvalue weighted by Crippen LogP contribution is -2.31. The van der Waals surface area contributed by atoms with Crippen molar-refractivity contribution in [2.45, 2.75) is 52.6 Å². The third-order valence-electron chi connectivity index (χ3n) is 2.60. The zero-order valence-corrected chi connectivity index (χ0v) is 11.4. The van der Waals surface area contributed by atoms with Crippen LogP contribution in [0.3, 0.4) is 0 Å². The Balaban J connectivity index is 2.91. The quantitative estimate of drug-likeness (QED) is 0.771. The molecule has 0 amide bonds. The summed E-state index contributed by atoms with van der Waals surface area (Å²) in [7, 11) is 0. The minimum Gasteiger partial charge on any atom is -0.487 e. The van der Waals surface area contributed by atoms with Crippen LogP contribution >= 0.6 is 0 Å². The van der Waals surface area contributed by atoms with E-state index in [0.29, 0.717) is 12.3 Å². The molecule has 0 spiro atoms. The molecule has 0 aliphatic heterocycles. The van der Waals surface area contributed by atoms with Crippen LogP contribution in [0.5, 0.6) is 5.75 Å². The Kier molecular flexibility index (Phi) is 4.33. The summed E-state index contributed by atoms with van der Waals surface area (Å²) < 4.78 is 5.98. The monoisotopic (exact) mass is 234 g/mol. The predicted octanol–water partition coefficient (Wildman–Crippen LogP) is 3.95. The van der Waals surface area contributed by atoms with E-state index in [9.17, 15) is 4.79 Å². The van der Waals surface area contributed by atoms with Crippen LogP contribution in [0.15, 0.2) is 24.3 Å². The third kappa shape index (κ3) is 4.22. The number of benzene rings is 1. The molecule has 0 radical (unpaired) electrons. The number of ether oxygens (including phenoxy) is 1. The maximum atomic E-state index is 11.2. The molecule has 0 fully saturated rings. The first-order valence-electron chi connectivity index (χ1n) is 6.09. The number of carbonyl (C=O) groups excluding carboxylic acids is 1. The van der Waals surface area contributed by atoms with E-state index >= 15 is 0 Å². The molecule has 0 atom stereocenters. The van der Waals surface area contributed by atoms with Gasteiger partial charge in [0.05, 0.1) is 0 Å². The van der Waals surface area contributed by atoms with Crippen LogP contribution < -0.4 is 4.74 Å². The van der Waals surface area contributed by atoms with E-state index in [-0.39, 0.29) is 5.78 Å². The summed E-state index contributed by atoms with van der Waals surface area (Å²) in [6.07, 6.45) is 0.430. The molecule has 0 aromatic heterocycles. The van der Waals surface area contributed by atoms with Crippen LogP contribution in [0.4, 0.5) is 0 Å². The zero-order chi connectivity index (χ0) is 13.1. The molecule has 0 aliphatic rings. The molecule has 0 saturated heterocycles. The molecular formula is C15H22O2. The van der Waals surface area contributed by atoms with Crippen molar-refractivity contribution in [1.29, 1.82) is 0 Å². The van der Waals surface area contributed by atoms with Gasteiger partial charge in [0.2, 0.25) is 0 Å². The Labute approximate surface area is 104 Å². The van der Waals surface area contributed by atoms with Gasteiger partial charge in [-0.2, -0.15) is 0 Å². The van der Waals surface area contributed by atoms with E-state index in [1.54, 1.807) is 6.92 Å². The standard InChI is InChI=1S/C15H22O2/c1-11(2)13-8-6-7-9-14(13)17-15(4,5)10-12(3)16/h6-9,11H,10H2,1-5H3. The van der Waals surface area contributed by atoms with Gasteiger partial charge in [-0.1, -0.05) is 32.0 Å². The highest BCUT2D eigenvalue weighted by atomic mass is 16.5. The van der Waals surface area contributed by atoms with Crippen molar-refractivity contribution in [1.82, 2.24) is 0 Å². The van der Waals surface area contributed by atoms with Crippen molar-refractivity contribution in [3.05, 3.63) is 29.8 Å². The Morgan fingerprint density at radius 3 is 2.41 bits per heavy atom. The molecule has 0 aliphatic carbocycles. The summed E-state index contributed by atoms with van der Waals surface area (Å²) >= 11 is 0. The first-order valence-corrected chi connectivity index (χ1v) is 6.09. The van der Waals surface area contributed by atoms with Crippen LogP contribution in [0.25, 0.3) is 0 Å². The molecule has 0 heterocycles. The summed E-state index contributed by atoms with van der Waals surface area (Å²) in [5, 5.41) is 0. The predicted molar refractivity (Wildman–Crippen MR) is 70.5 cm³/mol. The maximum Gasteiger partial charge on any atom is 0.133 e. The summed E-state index contributed by atoms with van der Waals surface area (Å²) in [5.74, 6) is 1.45. The van der Waals surface area contributed by atoms with Crippen LogP contribution in [0.2, 0.25) is 0 Å². The van der Waals surface area contributed by atoms with E-state index in [2.05, 4.69) is 19.9 Å². The molecule has 2 heteroatoms. The molecule has 0 unspecified atom stereocenters. The van der Waals surface area contributed by atoms with E-state index < -0.39 is 5.60 Å². The van der Waals surface area contributed by atoms with Crippen LogP contribution in [0.1, 0.15) is 52.5 Å². The van der Waals surface area contributed by atoms with E-state index in [4.69, 9.17) is 4.74 Å². The van der Waals surface area contributed by atoms with Gasteiger partial charge in [0, 0.05) is 6.42 Å². The molecule has 1 aromatic rings. The second-order valence-corrected chi connectivity index (χ2v) is 5.43. The fourth-order valence-corrected chi connectivity index (χ4v) is 1.98. The fourth-order valence-electron chi connectivity index (χ4n) is 1.98. The number of ketones is 1. The lowest BCUT2D eigenvalue weighted by atomic mass is 9.99. The highest BCUT2D eigenvalue weighted by Gasteiger charge is 2.23. The van der Waals surface area contributed by atoms with Gasteiger partial charge in [-0.25, -0.2) is 0 Å². The Morgan fingerprint density at radius 1 is 1.29 bits per heavy atom. The van der Waals surface area contributed by atoms with Gasteiger partial charge in [-0.15, -0.1) is 0 Å². The number of carbonyl (C=O) groups is 1. The Bertz CT molecular complexity index is 392. The van der Waals surface area contributed by atoms with Gasteiger partial charge in [0.25, 0.3) is 0 Å². The SMILES string of the molecule is CC(=O)CC(C)(C)Oc1ccccc1C(C)C. The molecule has 17 heavy (non-hydrogen) atoms. The highest BCUT2D eigenvalue weighted by molar-refractivity contribution is 5.76. The highest BCUT2D eigenvalue weighted by Crippen LogP contribution is 2.30. The first-order chi connectivity index (χ1) is 7.82. The third-order valence-corrected chi connectivity index (χ3v) is 2.60. The number of rotatable bonds is 5. The van der Waals surface area contributed by atoms with Gasteiger partial charge in [0.15, 0.2) is 0 Å². The van der Waals surface area contributed by atoms with Gasteiger partial charge < -0.3 is 4.74 Å². The fraction of sp³-hybridized carbons (Fsp3) is 0.533. The average molecular weight is 234 g/mol. The van der Waals surface area contributed by atoms with Crippen LogP contribution in [-0.4, -0.2) is 11.4 Å². The second-order valence-electron chi connectivity index (χ2n) is 5.43. The smallest absolute Gasteiger partial charge is 0.133 e. The minimum absolute atomic E-state index is 0.150. The molecule has 94 valence electrons. The molecular weight excluding hydrogens is 212 g/mol. The zero-order valence-electron chi connectivity index (χ0n) is 11.4. The largest absolute Gasteiger partial charge is 0.487 e. The number of hydrogen-bond donors (Lipinski definition) is 0. The molecule has 0 N–H and O–H groups in total. The first kappa shape index (κ1) is 13.8. The minimum atomic E-state index is -0.448. The lowest BCUT2D eigenvalue weighted by Gasteiger charge is -2.27. The van der Waals surface area contributed by atoms with Gasteiger partial charge in [-0.3, -0.25) is 4.79 Å². The van der Waals surface area contributed by atoms with Gasteiger partial charge >= 0.3 is 0 Å². The van der Waals surface area contributed by atoms with E-state index in [1.807, 2.05) is 32.0 Å². The summed E-state index contributed by atoms with van der Waals surface area (Å²) in [6.45, 7) is 9.77. The normalized spacial score (nSPS) is 11.6. The number of Topliss-reactive ketones (excluding diaryl/α,β-unsaturated/α-hetero) is 1. The van der Waals surface area contributed by atoms with Crippen molar-refractivity contribution in [2.75, 3.05) is 0 Å². The topological polar surface area (TPSA) is 26.3 Å². The van der Waals surface area contributed by atoms with E-state index in [0.717, 1.165) is 5.75 Å². The van der Waals surface area contributed by atoms with E-state index in [1.165, 1.54) is 5.56 Å². The van der Waals surface area contributed by atoms with Crippen molar-refractivity contribution in [3.63, 3.8) is 0 Å². The van der Waals surface area contributed by atoms with Crippen molar-refractivity contribution < 1.29 is 9.53 Å². The average Bonchev–Trinajstić information content (AvgIpc) is 2.14. The Morgan fingerprint density at radius 2 is 1.88 bits per heavy atom. The number of hydrogen-bond acceptors (Lipinski definition) is 2. The molecule has 2 nitrogen and oxygen atoms in total. The molecule has 0 saturated carbocycles. The van der Waals surface area contributed by atoms with Gasteiger partial charge in [0.1, 0.15) is 17.1 Å². The van der Waals surface area contributed by atoms with Crippen LogP contribution in [-0.2, 0) is 4.79 Å². The molecule has 1 rings (SSSR count). The molecule has 1 aromatic carbocycles. The van der Waals surface area contributed by atoms with Crippen molar-refractivity contribution >= 4 is 5.78 Å². The Hall–Kier alpha value is -1.31. The summed E-state index contributed by atoms with van der Waals surface area (Å²) in [5.41, 5.74) is 0.737. The second kappa shape index (κ2) is 5.35.